The Hall–Kier alpha value is -0.840. The van der Waals surface area contributed by atoms with Crippen LogP contribution in [0.5, 0.6) is 0 Å². The van der Waals surface area contributed by atoms with Crippen LogP contribution in [-0.2, 0) is 0 Å². The zero-order chi connectivity index (χ0) is 10.8. The monoisotopic (exact) mass is 313 g/mol. The van der Waals surface area contributed by atoms with Crippen molar-refractivity contribution in [2.75, 3.05) is 0 Å². The van der Waals surface area contributed by atoms with Crippen molar-refractivity contribution < 1.29 is 4.42 Å². The Morgan fingerprint density at radius 1 is 1.20 bits per heavy atom. The molecule has 2 aromatic rings. The molecule has 0 radical (unpaired) electrons. The largest absolute Gasteiger partial charge is 0.436 e. The molecule has 3 heteroatoms. The summed E-state index contributed by atoms with van der Waals surface area (Å²) < 4.78 is 6.31. The molecule has 0 aliphatic heterocycles. The van der Waals surface area contributed by atoms with Crippen LogP contribution >= 0.6 is 22.6 Å². The van der Waals surface area contributed by atoms with Gasteiger partial charge in [-0.15, -0.1) is 0 Å². The van der Waals surface area contributed by atoms with Gasteiger partial charge in [0.05, 0.1) is 0 Å². The number of rotatable bonds is 2. The lowest BCUT2D eigenvalue weighted by molar-refractivity contribution is 0.459. The number of nitrogens with zero attached hydrogens (tertiary/aromatic N) is 1. The first-order chi connectivity index (χ1) is 7.18. The summed E-state index contributed by atoms with van der Waals surface area (Å²) in [5.74, 6) is 1.32. The van der Waals surface area contributed by atoms with Crippen molar-refractivity contribution >= 4 is 22.6 Å². The highest BCUT2D eigenvalue weighted by atomic mass is 127. The van der Waals surface area contributed by atoms with E-state index < -0.39 is 0 Å². The lowest BCUT2D eigenvalue weighted by Crippen LogP contribution is -1.88. The molecule has 0 spiro atoms. The fraction of sp³-hybridized carbons (Fsp3) is 0.250. The first-order valence-corrected chi connectivity index (χ1v) is 5.98. The van der Waals surface area contributed by atoms with Gasteiger partial charge in [0.15, 0.2) is 0 Å². The van der Waals surface area contributed by atoms with Gasteiger partial charge in [-0.2, -0.15) is 0 Å². The molecule has 2 nitrogen and oxygen atoms in total. The van der Waals surface area contributed by atoms with Gasteiger partial charge in [-0.1, -0.05) is 44.2 Å². The second-order valence-corrected chi connectivity index (χ2v) is 4.62. The summed E-state index contributed by atoms with van der Waals surface area (Å²) in [4.78, 5) is 4.42. The molecule has 0 saturated carbocycles. The smallest absolute Gasteiger partial charge is 0.257 e. The second-order valence-electron chi connectivity index (χ2n) is 3.70. The van der Waals surface area contributed by atoms with E-state index in [0.717, 1.165) is 17.0 Å². The minimum Gasteiger partial charge on any atom is -0.436 e. The number of benzene rings is 1. The Bertz CT molecular complexity index is 448. The quantitative estimate of drug-likeness (QED) is 0.781. The fourth-order valence-corrected chi connectivity index (χ4v) is 1.98. The summed E-state index contributed by atoms with van der Waals surface area (Å²) in [5, 5.41) is 0. The fourth-order valence-electron chi connectivity index (χ4n) is 1.50. The number of oxazole rings is 1. The average Bonchev–Trinajstić information content (AvgIpc) is 2.62. The molecule has 0 fully saturated rings. The zero-order valence-electron chi connectivity index (χ0n) is 8.70. The van der Waals surface area contributed by atoms with Gasteiger partial charge in [-0.05, 0) is 0 Å². The predicted molar refractivity (Wildman–Crippen MR) is 68.7 cm³/mol. The molecule has 0 saturated heterocycles. The van der Waals surface area contributed by atoms with Crippen molar-refractivity contribution in [3.63, 3.8) is 0 Å². The molecule has 0 amide bonds. The molecule has 78 valence electrons. The molecule has 1 aromatic carbocycles. The summed E-state index contributed by atoms with van der Waals surface area (Å²) >= 11 is 2.11. The van der Waals surface area contributed by atoms with Crippen LogP contribution in [0.15, 0.2) is 34.7 Å². The van der Waals surface area contributed by atoms with Crippen LogP contribution in [0.25, 0.3) is 11.3 Å². The third-order valence-corrected chi connectivity index (χ3v) is 2.66. The van der Waals surface area contributed by atoms with E-state index in [0.29, 0.717) is 9.82 Å². The van der Waals surface area contributed by atoms with E-state index in [1.807, 2.05) is 18.2 Å². The Morgan fingerprint density at radius 2 is 1.87 bits per heavy atom. The summed E-state index contributed by atoms with van der Waals surface area (Å²) in [6, 6.07) is 10.1. The molecule has 0 atom stereocenters. The second kappa shape index (κ2) is 4.35. The van der Waals surface area contributed by atoms with Gasteiger partial charge in [0.2, 0.25) is 0 Å². The SMILES string of the molecule is CC(C)c1oc(I)nc1-c1ccccc1. The van der Waals surface area contributed by atoms with Crippen LogP contribution in [0.3, 0.4) is 0 Å². The van der Waals surface area contributed by atoms with Crippen LogP contribution in [0.4, 0.5) is 0 Å². The number of hydrogen-bond donors (Lipinski definition) is 0. The van der Waals surface area contributed by atoms with Crippen LogP contribution in [0, 0.1) is 3.90 Å². The third kappa shape index (κ3) is 2.22. The maximum atomic E-state index is 5.61. The van der Waals surface area contributed by atoms with Gasteiger partial charge in [0.25, 0.3) is 3.90 Å². The highest BCUT2D eigenvalue weighted by molar-refractivity contribution is 14.1. The van der Waals surface area contributed by atoms with Gasteiger partial charge in [-0.25, -0.2) is 4.98 Å². The van der Waals surface area contributed by atoms with Crippen LogP contribution in [-0.4, -0.2) is 4.98 Å². The van der Waals surface area contributed by atoms with E-state index in [2.05, 4.69) is 53.6 Å². The molecular formula is C12H12INO. The van der Waals surface area contributed by atoms with E-state index in [1.165, 1.54) is 0 Å². The van der Waals surface area contributed by atoms with Gasteiger partial charge < -0.3 is 4.42 Å². The van der Waals surface area contributed by atoms with Crippen molar-refractivity contribution in [2.45, 2.75) is 19.8 Å². The highest BCUT2D eigenvalue weighted by Gasteiger charge is 2.15. The maximum Gasteiger partial charge on any atom is 0.257 e. The summed E-state index contributed by atoms with van der Waals surface area (Å²) in [6.07, 6.45) is 0. The molecule has 0 bridgehead atoms. The summed E-state index contributed by atoms with van der Waals surface area (Å²) in [7, 11) is 0. The van der Waals surface area contributed by atoms with Crippen molar-refractivity contribution in [3.8, 4) is 11.3 Å². The molecule has 1 heterocycles. The topological polar surface area (TPSA) is 26.0 Å². The van der Waals surface area contributed by atoms with E-state index in [9.17, 15) is 0 Å². The predicted octanol–water partition coefficient (Wildman–Crippen LogP) is 4.07. The van der Waals surface area contributed by atoms with Crippen molar-refractivity contribution in [3.05, 3.63) is 40.0 Å². The van der Waals surface area contributed by atoms with Crippen molar-refractivity contribution in [2.24, 2.45) is 0 Å². The number of halogens is 1. The molecule has 0 aliphatic rings. The van der Waals surface area contributed by atoms with E-state index in [4.69, 9.17) is 4.42 Å². The molecule has 0 aliphatic carbocycles. The zero-order valence-corrected chi connectivity index (χ0v) is 10.9. The Labute approximate surface area is 103 Å². The van der Waals surface area contributed by atoms with E-state index in [1.54, 1.807) is 0 Å². The molecule has 15 heavy (non-hydrogen) atoms. The molecule has 0 unspecified atom stereocenters. The average molecular weight is 313 g/mol. The van der Waals surface area contributed by atoms with E-state index >= 15 is 0 Å². The van der Waals surface area contributed by atoms with Gasteiger partial charge in [-0.3, -0.25) is 0 Å². The van der Waals surface area contributed by atoms with Gasteiger partial charge in [0.1, 0.15) is 11.5 Å². The lowest BCUT2D eigenvalue weighted by atomic mass is 10.0. The minimum atomic E-state index is 0.358. The Kier molecular flexibility index (Phi) is 3.09. The van der Waals surface area contributed by atoms with Crippen molar-refractivity contribution in [1.82, 2.24) is 4.98 Å². The molecule has 0 N–H and O–H groups in total. The Balaban J connectivity index is 2.53. The highest BCUT2D eigenvalue weighted by Crippen LogP contribution is 2.29. The minimum absolute atomic E-state index is 0.358. The third-order valence-electron chi connectivity index (χ3n) is 2.20. The standard InChI is InChI=1S/C12H12INO/c1-8(2)11-10(14-12(13)15-11)9-6-4-3-5-7-9/h3-8H,1-2H3. The van der Waals surface area contributed by atoms with Gasteiger partial charge in [0, 0.05) is 34.1 Å². The lowest BCUT2D eigenvalue weighted by Gasteiger charge is -2.03. The molecule has 1 aromatic heterocycles. The Morgan fingerprint density at radius 3 is 2.47 bits per heavy atom. The first kappa shape index (κ1) is 10.7. The number of hydrogen-bond acceptors (Lipinski definition) is 2. The summed E-state index contributed by atoms with van der Waals surface area (Å²) in [6.45, 7) is 4.23. The maximum absolute atomic E-state index is 5.61. The van der Waals surface area contributed by atoms with Crippen molar-refractivity contribution in [1.29, 1.82) is 0 Å². The molecular weight excluding hydrogens is 301 g/mol. The normalized spacial score (nSPS) is 10.9. The van der Waals surface area contributed by atoms with Crippen LogP contribution in [0.2, 0.25) is 0 Å². The van der Waals surface area contributed by atoms with Crippen LogP contribution in [0.1, 0.15) is 25.5 Å². The van der Waals surface area contributed by atoms with E-state index in [-0.39, 0.29) is 0 Å². The summed E-state index contributed by atoms with van der Waals surface area (Å²) in [5.41, 5.74) is 2.09. The first-order valence-electron chi connectivity index (χ1n) is 4.90. The van der Waals surface area contributed by atoms with Gasteiger partial charge >= 0.3 is 0 Å². The van der Waals surface area contributed by atoms with Crippen LogP contribution < -0.4 is 0 Å². The molecule has 2 rings (SSSR count). The number of aromatic nitrogens is 1.